The number of amides is 2. The maximum absolute atomic E-state index is 13.2. The standard InChI is InChI=1S/C26H31Cl2N3O3/c27-24(28)26(33)30-20-8-9-23(22(16-20)25(32)29-17-21-7-4-14-34-21)31-12-10-19(11-13-31)15-18-5-2-1-3-6-18/h1-3,5-6,8-9,16,19,21,24H,4,7,10-15,17H2,(H,29,32)(H,30,33). The van der Waals surface area contributed by atoms with Crippen molar-refractivity contribution >= 4 is 46.4 Å². The molecule has 0 bridgehead atoms. The van der Waals surface area contributed by atoms with Gasteiger partial charge in [0.15, 0.2) is 4.84 Å². The van der Waals surface area contributed by atoms with Gasteiger partial charge in [0.25, 0.3) is 11.8 Å². The zero-order valence-corrected chi connectivity index (χ0v) is 20.7. The molecule has 1 atom stereocenters. The first-order valence-corrected chi connectivity index (χ1v) is 12.8. The van der Waals surface area contributed by atoms with Crippen LogP contribution in [0.1, 0.15) is 41.6 Å². The Morgan fingerprint density at radius 1 is 1.06 bits per heavy atom. The molecule has 4 rings (SSSR count). The number of carbonyl (C=O) groups excluding carboxylic acids is 2. The van der Waals surface area contributed by atoms with Gasteiger partial charge in [-0.05, 0) is 61.8 Å². The van der Waals surface area contributed by atoms with Gasteiger partial charge in [0.05, 0.1) is 11.7 Å². The van der Waals surface area contributed by atoms with Crippen molar-refractivity contribution < 1.29 is 14.3 Å². The molecule has 2 aliphatic heterocycles. The van der Waals surface area contributed by atoms with Gasteiger partial charge in [0.1, 0.15) is 0 Å². The molecule has 0 spiro atoms. The lowest BCUT2D eigenvalue weighted by Crippen LogP contribution is -2.37. The summed E-state index contributed by atoms with van der Waals surface area (Å²) in [7, 11) is 0. The fourth-order valence-corrected chi connectivity index (χ4v) is 4.81. The Balaban J connectivity index is 1.46. The zero-order valence-electron chi connectivity index (χ0n) is 19.1. The second kappa shape index (κ2) is 11.9. The molecule has 2 saturated heterocycles. The van der Waals surface area contributed by atoms with Gasteiger partial charge in [-0.25, -0.2) is 0 Å². The van der Waals surface area contributed by atoms with Crippen LogP contribution in [0.15, 0.2) is 48.5 Å². The number of hydrogen-bond donors (Lipinski definition) is 2. The molecule has 2 heterocycles. The lowest BCUT2D eigenvalue weighted by atomic mass is 9.89. The van der Waals surface area contributed by atoms with Crippen molar-refractivity contribution in [3.8, 4) is 0 Å². The highest BCUT2D eigenvalue weighted by Crippen LogP contribution is 2.30. The molecule has 0 radical (unpaired) electrons. The van der Waals surface area contributed by atoms with Gasteiger partial charge in [-0.3, -0.25) is 9.59 Å². The highest BCUT2D eigenvalue weighted by Gasteiger charge is 2.25. The molecule has 0 aromatic heterocycles. The van der Waals surface area contributed by atoms with Crippen molar-refractivity contribution in [3.63, 3.8) is 0 Å². The number of nitrogens with zero attached hydrogens (tertiary/aromatic N) is 1. The number of benzene rings is 2. The van der Waals surface area contributed by atoms with E-state index in [1.165, 1.54) is 5.56 Å². The van der Waals surface area contributed by atoms with Crippen LogP contribution < -0.4 is 15.5 Å². The normalized spacial score (nSPS) is 18.8. The summed E-state index contributed by atoms with van der Waals surface area (Å²) < 4.78 is 5.64. The smallest absolute Gasteiger partial charge is 0.257 e. The number of nitrogens with one attached hydrogen (secondary N) is 2. The summed E-state index contributed by atoms with van der Waals surface area (Å²) in [5.41, 5.74) is 3.25. The summed E-state index contributed by atoms with van der Waals surface area (Å²) >= 11 is 11.4. The average Bonchev–Trinajstić information content (AvgIpc) is 3.37. The Morgan fingerprint density at radius 3 is 2.50 bits per heavy atom. The molecular weight excluding hydrogens is 473 g/mol. The van der Waals surface area contributed by atoms with Gasteiger partial charge >= 0.3 is 0 Å². The van der Waals surface area contributed by atoms with Crippen LogP contribution in [0.25, 0.3) is 0 Å². The largest absolute Gasteiger partial charge is 0.376 e. The Morgan fingerprint density at radius 2 is 1.82 bits per heavy atom. The predicted molar refractivity (Wildman–Crippen MR) is 137 cm³/mol. The van der Waals surface area contributed by atoms with E-state index < -0.39 is 10.7 Å². The first-order valence-electron chi connectivity index (χ1n) is 11.9. The van der Waals surface area contributed by atoms with E-state index in [0.717, 1.165) is 57.5 Å². The lowest BCUT2D eigenvalue weighted by molar-refractivity contribution is -0.114. The highest BCUT2D eigenvalue weighted by atomic mass is 35.5. The predicted octanol–water partition coefficient (Wildman–Crippen LogP) is 4.80. The molecule has 2 N–H and O–H groups in total. The van der Waals surface area contributed by atoms with Gasteiger partial charge in [0.2, 0.25) is 0 Å². The minimum Gasteiger partial charge on any atom is -0.376 e. The molecule has 0 saturated carbocycles. The summed E-state index contributed by atoms with van der Waals surface area (Å²) in [6, 6.07) is 16.0. The van der Waals surface area contributed by atoms with Crippen LogP contribution >= 0.6 is 23.2 Å². The van der Waals surface area contributed by atoms with Crippen molar-refractivity contribution in [1.82, 2.24) is 5.32 Å². The molecule has 1 unspecified atom stereocenters. The number of anilines is 2. The van der Waals surface area contributed by atoms with E-state index in [9.17, 15) is 9.59 Å². The average molecular weight is 504 g/mol. The van der Waals surface area contributed by atoms with Gasteiger partial charge in [-0.15, -0.1) is 0 Å². The van der Waals surface area contributed by atoms with Crippen molar-refractivity contribution in [2.45, 2.75) is 43.0 Å². The van der Waals surface area contributed by atoms with Crippen LogP contribution in [0.4, 0.5) is 11.4 Å². The molecule has 0 aliphatic carbocycles. The molecule has 2 aromatic carbocycles. The van der Waals surface area contributed by atoms with E-state index in [-0.39, 0.29) is 12.0 Å². The number of rotatable bonds is 8. The minimum atomic E-state index is -1.18. The molecule has 34 heavy (non-hydrogen) atoms. The second-order valence-corrected chi connectivity index (χ2v) is 10.1. The van der Waals surface area contributed by atoms with E-state index in [1.807, 2.05) is 12.1 Å². The Bertz CT molecular complexity index is 973. The van der Waals surface area contributed by atoms with Crippen molar-refractivity contribution in [2.75, 3.05) is 36.5 Å². The SMILES string of the molecule is O=C(NCC1CCCO1)c1cc(NC(=O)C(Cl)Cl)ccc1N1CCC(Cc2ccccc2)CC1. The summed E-state index contributed by atoms with van der Waals surface area (Å²) in [4.78, 5) is 26.2. The van der Waals surface area contributed by atoms with Crippen molar-refractivity contribution in [1.29, 1.82) is 0 Å². The number of alkyl halides is 2. The first kappa shape index (κ1) is 24.8. The Kier molecular flexibility index (Phi) is 8.70. The van der Waals surface area contributed by atoms with E-state index in [2.05, 4.69) is 39.8 Å². The lowest BCUT2D eigenvalue weighted by Gasteiger charge is -2.35. The fourth-order valence-electron chi connectivity index (χ4n) is 4.70. The quantitative estimate of drug-likeness (QED) is 0.507. The third-order valence-electron chi connectivity index (χ3n) is 6.54. The topological polar surface area (TPSA) is 70.7 Å². The van der Waals surface area contributed by atoms with E-state index in [0.29, 0.717) is 23.7 Å². The number of halogens is 2. The van der Waals surface area contributed by atoms with Gasteiger partial charge in [-0.2, -0.15) is 0 Å². The van der Waals surface area contributed by atoms with Gasteiger partial charge < -0.3 is 20.3 Å². The molecule has 2 fully saturated rings. The van der Waals surface area contributed by atoms with Crippen LogP contribution in [0.5, 0.6) is 0 Å². The summed E-state index contributed by atoms with van der Waals surface area (Å²) in [6.07, 6.45) is 5.22. The third-order valence-corrected chi connectivity index (χ3v) is 6.94. The summed E-state index contributed by atoms with van der Waals surface area (Å²) in [6.45, 7) is 2.96. The van der Waals surface area contributed by atoms with E-state index in [1.54, 1.807) is 12.1 Å². The second-order valence-electron chi connectivity index (χ2n) is 8.99. The molecular formula is C26H31Cl2N3O3. The number of piperidine rings is 1. The van der Waals surface area contributed by atoms with Crippen molar-refractivity contribution in [2.24, 2.45) is 5.92 Å². The summed E-state index contributed by atoms with van der Waals surface area (Å²) in [5.74, 6) is -0.0804. The molecule has 6 nitrogen and oxygen atoms in total. The third kappa shape index (κ3) is 6.65. The monoisotopic (exact) mass is 503 g/mol. The number of hydrogen-bond acceptors (Lipinski definition) is 4. The molecule has 2 aliphatic rings. The fraction of sp³-hybridized carbons (Fsp3) is 0.462. The van der Waals surface area contributed by atoms with Crippen LogP contribution in [-0.4, -0.2) is 49.0 Å². The highest BCUT2D eigenvalue weighted by molar-refractivity contribution is 6.54. The maximum Gasteiger partial charge on any atom is 0.257 e. The molecule has 2 amide bonds. The van der Waals surface area contributed by atoms with Crippen LogP contribution in [-0.2, 0) is 16.0 Å². The van der Waals surface area contributed by atoms with Crippen LogP contribution in [0.2, 0.25) is 0 Å². The van der Waals surface area contributed by atoms with Crippen molar-refractivity contribution in [3.05, 3.63) is 59.7 Å². The minimum absolute atomic E-state index is 0.0530. The first-order chi connectivity index (χ1) is 16.5. The van der Waals surface area contributed by atoms with Crippen LogP contribution in [0, 0.1) is 5.92 Å². The van der Waals surface area contributed by atoms with E-state index >= 15 is 0 Å². The van der Waals surface area contributed by atoms with Gasteiger partial charge in [0, 0.05) is 37.6 Å². The molecule has 2 aromatic rings. The Hall–Kier alpha value is -2.28. The Labute approximate surface area is 210 Å². The zero-order chi connectivity index (χ0) is 23.9. The summed E-state index contributed by atoms with van der Waals surface area (Å²) in [5, 5.41) is 5.68. The number of carbonyl (C=O) groups is 2. The molecule has 8 heteroatoms. The maximum atomic E-state index is 13.2. The molecule has 182 valence electrons. The van der Waals surface area contributed by atoms with Crippen LogP contribution in [0.3, 0.4) is 0 Å². The van der Waals surface area contributed by atoms with Gasteiger partial charge in [-0.1, -0.05) is 53.5 Å². The van der Waals surface area contributed by atoms with E-state index in [4.69, 9.17) is 27.9 Å². The number of ether oxygens (including phenoxy) is 1.